The number of unbranched alkanes of at least 4 members (excludes halogenated alkanes) is 14. The monoisotopic (exact) mass is 401 g/mol. The molecule has 0 unspecified atom stereocenters. The van der Waals surface area contributed by atoms with Gasteiger partial charge >= 0.3 is 0 Å². The van der Waals surface area contributed by atoms with Crippen molar-refractivity contribution in [2.24, 2.45) is 0 Å². The maximum Gasteiger partial charge on any atom is 0.150 e. The summed E-state index contributed by atoms with van der Waals surface area (Å²) in [4.78, 5) is 13.5. The Labute approximate surface area is 181 Å². The summed E-state index contributed by atoms with van der Waals surface area (Å²) < 4.78 is 0. The first kappa shape index (κ1) is 25.7. The maximum absolute atomic E-state index is 11.0. The molecule has 0 spiro atoms. The minimum atomic E-state index is 0.771. The summed E-state index contributed by atoms with van der Waals surface area (Å²) >= 11 is 0. The van der Waals surface area contributed by atoms with Crippen molar-refractivity contribution in [3.05, 3.63) is 29.8 Å². The first-order chi connectivity index (χ1) is 14.3. The van der Waals surface area contributed by atoms with Crippen LogP contribution in [0.1, 0.15) is 127 Å². The third-order valence-corrected chi connectivity index (χ3v) is 5.96. The van der Waals surface area contributed by atoms with Gasteiger partial charge in [0.15, 0.2) is 0 Å². The predicted molar refractivity (Wildman–Crippen MR) is 129 cm³/mol. The van der Waals surface area contributed by atoms with Gasteiger partial charge in [-0.1, -0.05) is 104 Å². The number of carbonyl (C=O) groups excluding carboxylic acids is 1. The summed E-state index contributed by atoms with van der Waals surface area (Å²) in [5, 5.41) is 0. The molecule has 2 heteroatoms. The van der Waals surface area contributed by atoms with E-state index in [1.165, 1.54) is 108 Å². The lowest BCUT2D eigenvalue weighted by atomic mass is 10.1. The Morgan fingerprint density at radius 1 is 0.586 bits per heavy atom. The number of anilines is 1. The van der Waals surface area contributed by atoms with Gasteiger partial charge in [-0.25, -0.2) is 0 Å². The number of carbonyl (C=O) groups is 1. The third-order valence-electron chi connectivity index (χ3n) is 5.96. The zero-order chi connectivity index (χ0) is 21.0. The minimum Gasteiger partial charge on any atom is -0.372 e. The maximum atomic E-state index is 11.0. The van der Waals surface area contributed by atoms with Crippen LogP contribution >= 0.6 is 0 Å². The minimum absolute atomic E-state index is 0.771. The number of hydrogen-bond acceptors (Lipinski definition) is 2. The molecule has 2 nitrogen and oxygen atoms in total. The van der Waals surface area contributed by atoms with Crippen molar-refractivity contribution in [1.29, 1.82) is 0 Å². The summed E-state index contributed by atoms with van der Waals surface area (Å²) in [5.74, 6) is 0. The fourth-order valence-electron chi connectivity index (χ4n) is 4.01. The van der Waals surface area contributed by atoms with Crippen molar-refractivity contribution in [2.75, 3.05) is 18.0 Å². The Kier molecular flexibility index (Phi) is 16.6. The molecule has 0 aliphatic carbocycles. The zero-order valence-electron chi connectivity index (χ0n) is 19.5. The van der Waals surface area contributed by atoms with Gasteiger partial charge in [0.1, 0.15) is 6.29 Å². The highest BCUT2D eigenvalue weighted by Gasteiger charge is 2.06. The topological polar surface area (TPSA) is 20.3 Å². The molecule has 0 saturated heterocycles. The second-order valence-electron chi connectivity index (χ2n) is 8.65. The molecule has 0 amide bonds. The molecule has 0 bridgehead atoms. The van der Waals surface area contributed by atoms with Crippen LogP contribution in [0.3, 0.4) is 0 Å². The summed E-state index contributed by atoms with van der Waals surface area (Å²) in [5.41, 5.74) is 2.05. The molecule has 0 saturated carbocycles. The third kappa shape index (κ3) is 13.5. The van der Waals surface area contributed by atoms with Crippen LogP contribution in [-0.4, -0.2) is 19.4 Å². The van der Waals surface area contributed by atoms with Gasteiger partial charge in [0, 0.05) is 24.3 Å². The summed E-state index contributed by atoms with van der Waals surface area (Å²) in [7, 11) is 0. The van der Waals surface area contributed by atoms with Gasteiger partial charge < -0.3 is 4.90 Å². The second-order valence-corrected chi connectivity index (χ2v) is 8.65. The van der Waals surface area contributed by atoms with Crippen LogP contribution in [0, 0.1) is 0 Å². The highest BCUT2D eigenvalue weighted by Crippen LogP contribution is 2.18. The molecule has 0 radical (unpaired) electrons. The highest BCUT2D eigenvalue weighted by molar-refractivity contribution is 5.75. The Morgan fingerprint density at radius 2 is 0.966 bits per heavy atom. The van der Waals surface area contributed by atoms with E-state index in [1.54, 1.807) is 0 Å². The molecule has 0 aliphatic rings. The average Bonchev–Trinajstić information content (AvgIpc) is 2.76. The molecule has 1 aromatic carbocycles. The van der Waals surface area contributed by atoms with Crippen LogP contribution in [0.2, 0.25) is 0 Å². The molecular weight excluding hydrogens is 354 g/mol. The van der Waals surface area contributed by atoms with Crippen LogP contribution in [0.5, 0.6) is 0 Å². The largest absolute Gasteiger partial charge is 0.372 e. The molecule has 0 fully saturated rings. The Hall–Kier alpha value is -1.31. The lowest BCUT2D eigenvalue weighted by Gasteiger charge is -2.25. The van der Waals surface area contributed by atoms with Crippen LogP contribution in [0.4, 0.5) is 5.69 Å². The normalized spacial score (nSPS) is 11.0. The van der Waals surface area contributed by atoms with Crippen molar-refractivity contribution in [3.63, 3.8) is 0 Å². The van der Waals surface area contributed by atoms with E-state index in [2.05, 4.69) is 30.9 Å². The van der Waals surface area contributed by atoms with E-state index >= 15 is 0 Å². The van der Waals surface area contributed by atoms with E-state index < -0.39 is 0 Å². The standard InChI is InChI=1S/C27H47NO/c1-3-5-7-9-11-13-15-17-23-28(27-21-19-26(25-29)20-22-27)24-18-16-14-12-10-8-6-4-2/h19-22,25H,3-18,23-24H2,1-2H3. The Bertz CT molecular complexity index is 462. The Morgan fingerprint density at radius 3 is 1.34 bits per heavy atom. The summed E-state index contributed by atoms with van der Waals surface area (Å²) in [6, 6.07) is 8.16. The lowest BCUT2D eigenvalue weighted by Crippen LogP contribution is -2.25. The van der Waals surface area contributed by atoms with Crippen LogP contribution in [-0.2, 0) is 0 Å². The number of benzene rings is 1. The van der Waals surface area contributed by atoms with Gasteiger partial charge in [-0.3, -0.25) is 4.79 Å². The quantitative estimate of drug-likeness (QED) is 0.161. The van der Waals surface area contributed by atoms with E-state index in [1.807, 2.05) is 12.1 Å². The smallest absolute Gasteiger partial charge is 0.150 e. The van der Waals surface area contributed by atoms with Crippen molar-refractivity contribution in [2.45, 2.75) is 117 Å². The van der Waals surface area contributed by atoms with Gasteiger partial charge in [-0.15, -0.1) is 0 Å². The fourth-order valence-corrected chi connectivity index (χ4v) is 4.01. The number of aldehydes is 1. The van der Waals surface area contributed by atoms with E-state index in [0.717, 1.165) is 24.9 Å². The molecule has 0 N–H and O–H groups in total. The number of hydrogen-bond donors (Lipinski definition) is 0. The molecule has 166 valence electrons. The molecule has 0 aliphatic heterocycles. The summed E-state index contributed by atoms with van der Waals surface area (Å²) in [6.45, 7) is 6.85. The lowest BCUT2D eigenvalue weighted by molar-refractivity contribution is 0.112. The fraction of sp³-hybridized carbons (Fsp3) is 0.741. The van der Waals surface area contributed by atoms with Crippen molar-refractivity contribution < 1.29 is 4.79 Å². The van der Waals surface area contributed by atoms with Gasteiger partial charge in [0.2, 0.25) is 0 Å². The van der Waals surface area contributed by atoms with Crippen LogP contribution < -0.4 is 4.90 Å². The molecule has 0 atom stereocenters. The van der Waals surface area contributed by atoms with Gasteiger partial charge in [0.05, 0.1) is 0 Å². The van der Waals surface area contributed by atoms with Crippen LogP contribution in [0.25, 0.3) is 0 Å². The van der Waals surface area contributed by atoms with E-state index in [0.29, 0.717) is 0 Å². The molecule has 0 aromatic heterocycles. The van der Waals surface area contributed by atoms with Crippen molar-refractivity contribution in [3.8, 4) is 0 Å². The Balaban J connectivity index is 2.30. The highest BCUT2D eigenvalue weighted by atomic mass is 16.1. The van der Waals surface area contributed by atoms with E-state index in [9.17, 15) is 4.79 Å². The molecule has 0 heterocycles. The molecule has 1 aromatic rings. The molecule has 29 heavy (non-hydrogen) atoms. The number of rotatable bonds is 20. The van der Waals surface area contributed by atoms with Gasteiger partial charge in [-0.05, 0) is 37.1 Å². The first-order valence-corrected chi connectivity index (χ1v) is 12.6. The van der Waals surface area contributed by atoms with E-state index in [-0.39, 0.29) is 0 Å². The van der Waals surface area contributed by atoms with Gasteiger partial charge in [0.25, 0.3) is 0 Å². The van der Waals surface area contributed by atoms with Crippen molar-refractivity contribution in [1.82, 2.24) is 0 Å². The molecule has 1 rings (SSSR count). The first-order valence-electron chi connectivity index (χ1n) is 12.6. The van der Waals surface area contributed by atoms with E-state index in [4.69, 9.17) is 0 Å². The molecular formula is C27H47NO. The zero-order valence-corrected chi connectivity index (χ0v) is 19.5. The summed E-state index contributed by atoms with van der Waals surface area (Å²) in [6.07, 6.45) is 22.8. The van der Waals surface area contributed by atoms with Crippen molar-refractivity contribution >= 4 is 12.0 Å². The average molecular weight is 402 g/mol. The predicted octanol–water partition coefficient (Wildman–Crippen LogP) is 8.59. The van der Waals surface area contributed by atoms with Crippen LogP contribution in [0.15, 0.2) is 24.3 Å². The van der Waals surface area contributed by atoms with Gasteiger partial charge in [-0.2, -0.15) is 0 Å². The second kappa shape index (κ2) is 18.7. The SMILES string of the molecule is CCCCCCCCCCN(CCCCCCCCCC)c1ccc(C=O)cc1. The number of nitrogens with zero attached hydrogens (tertiary/aromatic N) is 1.